The first-order valence-corrected chi connectivity index (χ1v) is 10.00. The van der Waals surface area contributed by atoms with Crippen LogP contribution in [-0.4, -0.2) is 32.4 Å². The molecule has 2 aliphatic rings. The Bertz CT molecular complexity index is 1020. The van der Waals surface area contributed by atoms with E-state index in [1.807, 2.05) is 36.5 Å². The SMILES string of the molecule is NC(=O)N1CCCC1c1nc2c(s1)-c1nc(-c3ccccc3)ncc1CC2. The van der Waals surface area contributed by atoms with Crippen molar-refractivity contribution in [2.24, 2.45) is 5.73 Å². The molecule has 2 N–H and O–H groups in total. The van der Waals surface area contributed by atoms with Gasteiger partial charge in [0.25, 0.3) is 0 Å². The number of thiazole rings is 1. The monoisotopic (exact) mass is 377 g/mol. The molecule has 27 heavy (non-hydrogen) atoms. The molecule has 3 aromatic rings. The Morgan fingerprint density at radius 1 is 1.19 bits per heavy atom. The van der Waals surface area contributed by atoms with Gasteiger partial charge in [-0.15, -0.1) is 11.3 Å². The van der Waals surface area contributed by atoms with E-state index in [0.29, 0.717) is 6.54 Å². The summed E-state index contributed by atoms with van der Waals surface area (Å²) in [4.78, 5) is 28.9. The van der Waals surface area contributed by atoms with Crippen molar-refractivity contribution in [1.82, 2.24) is 19.9 Å². The van der Waals surface area contributed by atoms with Gasteiger partial charge in [0.15, 0.2) is 5.82 Å². The fourth-order valence-electron chi connectivity index (χ4n) is 3.92. The summed E-state index contributed by atoms with van der Waals surface area (Å²) in [5.41, 5.74) is 9.79. The molecule has 6 nitrogen and oxygen atoms in total. The second kappa shape index (κ2) is 6.42. The third kappa shape index (κ3) is 2.78. The molecule has 7 heteroatoms. The van der Waals surface area contributed by atoms with Crippen LogP contribution in [0.25, 0.3) is 22.0 Å². The van der Waals surface area contributed by atoms with Crippen molar-refractivity contribution in [1.29, 1.82) is 0 Å². The first-order valence-electron chi connectivity index (χ1n) is 9.18. The Labute approximate surface area is 161 Å². The van der Waals surface area contributed by atoms with E-state index in [1.54, 1.807) is 16.2 Å². The number of primary amides is 1. The molecule has 1 aliphatic carbocycles. The quantitative estimate of drug-likeness (QED) is 0.740. The van der Waals surface area contributed by atoms with Crippen molar-refractivity contribution in [3.05, 3.63) is 52.8 Å². The second-order valence-electron chi connectivity index (χ2n) is 6.95. The van der Waals surface area contributed by atoms with Crippen LogP contribution in [0.15, 0.2) is 36.5 Å². The zero-order chi connectivity index (χ0) is 18.4. The van der Waals surface area contributed by atoms with Gasteiger partial charge in [-0.05, 0) is 31.2 Å². The number of fused-ring (bicyclic) bond motifs is 3. The van der Waals surface area contributed by atoms with Gasteiger partial charge in [-0.25, -0.2) is 19.7 Å². The Balaban J connectivity index is 1.56. The van der Waals surface area contributed by atoms with Crippen molar-refractivity contribution >= 4 is 17.4 Å². The molecule has 5 rings (SSSR count). The molecular formula is C20H19N5OS. The smallest absolute Gasteiger partial charge is 0.315 e. The van der Waals surface area contributed by atoms with Crippen LogP contribution in [0, 0.1) is 0 Å². The van der Waals surface area contributed by atoms with E-state index in [4.69, 9.17) is 15.7 Å². The van der Waals surface area contributed by atoms with Gasteiger partial charge < -0.3 is 10.6 Å². The predicted molar refractivity (Wildman–Crippen MR) is 104 cm³/mol. The van der Waals surface area contributed by atoms with Gasteiger partial charge in [-0.3, -0.25) is 0 Å². The lowest BCUT2D eigenvalue weighted by Crippen LogP contribution is -2.35. The molecule has 1 saturated heterocycles. The number of carbonyl (C=O) groups excluding carboxylic acids is 1. The molecule has 2 amide bonds. The van der Waals surface area contributed by atoms with E-state index in [9.17, 15) is 4.79 Å². The molecule has 1 atom stereocenters. The Kier molecular flexibility index (Phi) is 3.89. The fraction of sp³-hybridized carbons (Fsp3) is 0.300. The number of rotatable bonds is 2. The van der Waals surface area contributed by atoms with Crippen LogP contribution in [0.4, 0.5) is 4.79 Å². The number of nitrogens with zero attached hydrogens (tertiary/aromatic N) is 4. The number of hydrogen-bond acceptors (Lipinski definition) is 5. The lowest BCUT2D eigenvalue weighted by Gasteiger charge is -2.20. The third-order valence-corrected chi connectivity index (χ3v) is 6.48. The summed E-state index contributed by atoms with van der Waals surface area (Å²) in [5, 5.41) is 0.976. The van der Waals surface area contributed by atoms with Crippen LogP contribution in [0.1, 0.15) is 35.1 Å². The highest BCUT2D eigenvalue weighted by Gasteiger charge is 2.33. The van der Waals surface area contributed by atoms with Crippen LogP contribution >= 0.6 is 11.3 Å². The summed E-state index contributed by atoms with van der Waals surface area (Å²) >= 11 is 1.65. The van der Waals surface area contributed by atoms with Gasteiger partial charge in [-0.2, -0.15) is 0 Å². The van der Waals surface area contributed by atoms with Gasteiger partial charge in [0, 0.05) is 18.3 Å². The number of hydrogen-bond donors (Lipinski definition) is 1. The highest BCUT2D eigenvalue weighted by molar-refractivity contribution is 7.15. The van der Waals surface area contributed by atoms with Gasteiger partial charge in [0.05, 0.1) is 22.3 Å². The Hall–Kier alpha value is -2.80. The van der Waals surface area contributed by atoms with Crippen molar-refractivity contribution in [3.63, 3.8) is 0 Å². The van der Waals surface area contributed by atoms with Gasteiger partial charge >= 0.3 is 6.03 Å². The lowest BCUT2D eigenvalue weighted by atomic mass is 9.99. The number of aromatic nitrogens is 3. The molecule has 1 aliphatic heterocycles. The summed E-state index contributed by atoms with van der Waals surface area (Å²) in [7, 11) is 0. The van der Waals surface area contributed by atoms with Crippen molar-refractivity contribution in [2.75, 3.05) is 6.54 Å². The second-order valence-corrected chi connectivity index (χ2v) is 7.98. The molecular weight excluding hydrogens is 358 g/mol. The van der Waals surface area contributed by atoms with Gasteiger partial charge in [0.1, 0.15) is 5.01 Å². The molecule has 0 spiro atoms. The fourth-order valence-corrected chi connectivity index (χ4v) is 5.21. The van der Waals surface area contributed by atoms with Gasteiger partial charge in [-0.1, -0.05) is 30.3 Å². The minimum Gasteiger partial charge on any atom is -0.351 e. The maximum atomic E-state index is 11.7. The average Bonchev–Trinajstić information content (AvgIpc) is 3.35. The lowest BCUT2D eigenvalue weighted by molar-refractivity contribution is 0.203. The summed E-state index contributed by atoms with van der Waals surface area (Å²) in [5.74, 6) is 0.733. The van der Waals surface area contributed by atoms with Crippen LogP contribution in [0.2, 0.25) is 0 Å². The number of amides is 2. The van der Waals surface area contributed by atoms with Crippen molar-refractivity contribution < 1.29 is 4.79 Å². The molecule has 136 valence electrons. The highest BCUT2D eigenvalue weighted by Crippen LogP contribution is 2.42. The van der Waals surface area contributed by atoms with Crippen LogP contribution < -0.4 is 5.73 Å². The van der Waals surface area contributed by atoms with E-state index >= 15 is 0 Å². The average molecular weight is 377 g/mol. The topological polar surface area (TPSA) is 85.0 Å². The van der Waals surface area contributed by atoms with E-state index < -0.39 is 0 Å². The molecule has 1 fully saturated rings. The molecule has 0 radical (unpaired) electrons. The van der Waals surface area contributed by atoms with Crippen LogP contribution in [0.3, 0.4) is 0 Å². The maximum Gasteiger partial charge on any atom is 0.315 e. The summed E-state index contributed by atoms with van der Waals surface area (Å²) in [6.45, 7) is 0.709. The summed E-state index contributed by atoms with van der Waals surface area (Å²) < 4.78 is 0. The van der Waals surface area contributed by atoms with E-state index in [0.717, 1.165) is 63.9 Å². The van der Waals surface area contributed by atoms with Crippen molar-refractivity contribution in [3.8, 4) is 22.0 Å². The first kappa shape index (κ1) is 16.4. The molecule has 2 aromatic heterocycles. The minimum absolute atomic E-state index is 0.00280. The number of aryl methyl sites for hydroxylation is 2. The number of urea groups is 1. The van der Waals surface area contributed by atoms with E-state index in [2.05, 4.69) is 4.98 Å². The Morgan fingerprint density at radius 3 is 2.85 bits per heavy atom. The largest absolute Gasteiger partial charge is 0.351 e. The first-order chi connectivity index (χ1) is 13.2. The van der Waals surface area contributed by atoms with E-state index in [-0.39, 0.29) is 12.1 Å². The molecule has 0 saturated carbocycles. The van der Waals surface area contributed by atoms with Crippen LogP contribution in [0.5, 0.6) is 0 Å². The number of benzene rings is 1. The van der Waals surface area contributed by atoms with Crippen molar-refractivity contribution in [2.45, 2.75) is 31.7 Å². The minimum atomic E-state index is -0.361. The summed E-state index contributed by atoms with van der Waals surface area (Å²) in [6, 6.07) is 9.65. The predicted octanol–water partition coefficient (Wildman–Crippen LogP) is 3.58. The number of likely N-dealkylation sites (tertiary alicyclic amines) is 1. The number of nitrogens with two attached hydrogens (primary N) is 1. The molecule has 0 bridgehead atoms. The zero-order valence-electron chi connectivity index (χ0n) is 14.8. The van der Waals surface area contributed by atoms with Crippen LogP contribution in [-0.2, 0) is 12.8 Å². The zero-order valence-corrected chi connectivity index (χ0v) is 15.6. The standard InChI is InChI=1S/C20H19N5OS/c21-20(26)25-10-4-7-15(25)19-23-14-9-8-13-11-22-18(12-5-2-1-3-6-12)24-16(13)17(14)27-19/h1-3,5-6,11,15H,4,7-10H2,(H2,21,26). The Morgan fingerprint density at radius 2 is 2.04 bits per heavy atom. The van der Waals surface area contributed by atoms with Gasteiger partial charge in [0.2, 0.25) is 0 Å². The molecule has 1 aromatic carbocycles. The molecule has 3 heterocycles. The number of carbonyl (C=O) groups is 1. The van der Waals surface area contributed by atoms with E-state index in [1.165, 1.54) is 0 Å². The normalized spacial score (nSPS) is 18.2. The maximum absolute atomic E-state index is 11.7. The highest BCUT2D eigenvalue weighted by atomic mass is 32.1. The summed E-state index contributed by atoms with van der Waals surface area (Å²) in [6.07, 6.45) is 5.61. The molecule has 1 unspecified atom stereocenters. The third-order valence-electron chi connectivity index (χ3n) is 5.28.